The zero-order valence-corrected chi connectivity index (χ0v) is 11.1. The van der Waals surface area contributed by atoms with E-state index >= 15 is 0 Å². The third-order valence-corrected chi connectivity index (χ3v) is 5.33. The van der Waals surface area contributed by atoms with Gasteiger partial charge in [0.05, 0.1) is 5.41 Å². The fourth-order valence-electron chi connectivity index (χ4n) is 5.01. The van der Waals surface area contributed by atoms with Gasteiger partial charge in [-0.25, -0.2) is 4.79 Å². The smallest absolute Gasteiger partial charge is 0.330 e. The second-order valence-corrected chi connectivity index (χ2v) is 6.84. The third kappa shape index (κ3) is 1.36. The molecule has 0 spiro atoms. The van der Waals surface area contributed by atoms with Gasteiger partial charge in [0.25, 0.3) is 0 Å². The predicted octanol–water partition coefficient (Wildman–Crippen LogP) is 2.50. The molecule has 3 nitrogen and oxygen atoms in total. The number of ketones is 1. The van der Waals surface area contributed by atoms with Crippen LogP contribution in [0.25, 0.3) is 0 Å². The molecule has 4 saturated carbocycles. The van der Waals surface area contributed by atoms with Gasteiger partial charge in [0.15, 0.2) is 0 Å². The molecule has 5 unspecified atom stereocenters. The highest BCUT2D eigenvalue weighted by Crippen LogP contribution is 2.63. The molecule has 4 bridgehead atoms. The van der Waals surface area contributed by atoms with Crippen molar-refractivity contribution in [2.24, 2.45) is 22.7 Å². The lowest BCUT2D eigenvalue weighted by Crippen LogP contribution is -2.65. The molecule has 4 rings (SSSR count). The van der Waals surface area contributed by atoms with Crippen LogP contribution >= 0.6 is 0 Å². The van der Waals surface area contributed by atoms with E-state index in [2.05, 4.69) is 13.5 Å². The summed E-state index contributed by atoms with van der Waals surface area (Å²) in [5.41, 5.74) is -0.630. The van der Waals surface area contributed by atoms with Crippen LogP contribution in [0, 0.1) is 22.7 Å². The first-order chi connectivity index (χ1) is 8.39. The van der Waals surface area contributed by atoms with Gasteiger partial charge in [-0.1, -0.05) is 13.5 Å². The van der Waals surface area contributed by atoms with Crippen molar-refractivity contribution >= 4 is 11.8 Å². The summed E-state index contributed by atoms with van der Waals surface area (Å²) in [5, 5.41) is 0. The van der Waals surface area contributed by atoms with Crippen molar-refractivity contribution in [1.82, 2.24) is 0 Å². The van der Waals surface area contributed by atoms with Crippen LogP contribution < -0.4 is 0 Å². The van der Waals surface area contributed by atoms with E-state index in [1.165, 1.54) is 6.08 Å². The molecule has 5 atom stereocenters. The van der Waals surface area contributed by atoms with Gasteiger partial charge in [0.1, 0.15) is 11.9 Å². The maximum atomic E-state index is 12.7. The van der Waals surface area contributed by atoms with E-state index in [1.807, 2.05) is 6.92 Å². The topological polar surface area (TPSA) is 43.4 Å². The average molecular weight is 248 g/mol. The molecule has 0 heterocycles. The van der Waals surface area contributed by atoms with E-state index in [4.69, 9.17) is 4.74 Å². The lowest BCUT2D eigenvalue weighted by molar-refractivity contribution is -0.200. The fourth-order valence-corrected chi connectivity index (χ4v) is 5.01. The van der Waals surface area contributed by atoms with Crippen molar-refractivity contribution in [2.75, 3.05) is 0 Å². The van der Waals surface area contributed by atoms with Crippen molar-refractivity contribution in [3.05, 3.63) is 12.7 Å². The second-order valence-electron chi connectivity index (χ2n) is 6.84. The van der Waals surface area contributed by atoms with E-state index in [0.717, 1.165) is 25.7 Å². The maximum Gasteiger partial charge on any atom is 0.330 e. The van der Waals surface area contributed by atoms with Gasteiger partial charge in [0.2, 0.25) is 0 Å². The quantitative estimate of drug-likeness (QED) is 0.557. The molecule has 4 fully saturated rings. The third-order valence-electron chi connectivity index (χ3n) is 5.33. The van der Waals surface area contributed by atoms with Crippen LogP contribution in [0.3, 0.4) is 0 Å². The summed E-state index contributed by atoms with van der Waals surface area (Å²) in [5.74, 6) is 0.903. The van der Waals surface area contributed by atoms with E-state index in [1.54, 1.807) is 0 Å². The van der Waals surface area contributed by atoms with E-state index < -0.39 is 11.4 Å². The number of carbonyl (C=O) groups is 2. The van der Waals surface area contributed by atoms with Crippen molar-refractivity contribution in [2.45, 2.75) is 45.6 Å². The molecule has 0 aromatic rings. The SMILES string of the molecule is C=CC(=O)OC1C2CC3CC(C)(C2)C(=O)C1(C)C3. The molecule has 0 amide bonds. The van der Waals surface area contributed by atoms with Crippen molar-refractivity contribution < 1.29 is 14.3 Å². The summed E-state index contributed by atoms with van der Waals surface area (Å²) in [7, 11) is 0. The summed E-state index contributed by atoms with van der Waals surface area (Å²) >= 11 is 0. The molecule has 98 valence electrons. The van der Waals surface area contributed by atoms with Crippen LogP contribution in [0.2, 0.25) is 0 Å². The number of carbonyl (C=O) groups excluding carboxylic acids is 2. The maximum absolute atomic E-state index is 12.7. The molecule has 4 aliphatic carbocycles. The lowest BCUT2D eigenvalue weighted by atomic mass is 9.43. The number of hydrogen-bond donors (Lipinski definition) is 0. The van der Waals surface area contributed by atoms with Gasteiger partial charge in [-0.05, 0) is 44.4 Å². The van der Waals surface area contributed by atoms with Gasteiger partial charge in [0, 0.05) is 11.5 Å². The Morgan fingerprint density at radius 2 is 2.11 bits per heavy atom. The summed E-state index contributed by atoms with van der Waals surface area (Å²) in [4.78, 5) is 24.2. The summed E-state index contributed by atoms with van der Waals surface area (Å²) in [6.07, 6.45) is 4.86. The molecule has 0 aromatic carbocycles. The molecule has 3 heteroatoms. The first kappa shape index (κ1) is 11.9. The minimum atomic E-state index is -0.461. The Bertz CT molecular complexity index is 441. The van der Waals surface area contributed by atoms with Crippen LogP contribution in [0.4, 0.5) is 0 Å². The van der Waals surface area contributed by atoms with Crippen LogP contribution in [0.15, 0.2) is 12.7 Å². The molecule has 0 N–H and O–H groups in total. The van der Waals surface area contributed by atoms with Crippen LogP contribution in [0.5, 0.6) is 0 Å². The molecular weight excluding hydrogens is 228 g/mol. The molecule has 0 aliphatic heterocycles. The number of hydrogen-bond acceptors (Lipinski definition) is 3. The Morgan fingerprint density at radius 3 is 2.78 bits per heavy atom. The summed E-state index contributed by atoms with van der Waals surface area (Å²) < 4.78 is 5.52. The Morgan fingerprint density at radius 1 is 1.39 bits per heavy atom. The minimum Gasteiger partial charge on any atom is -0.458 e. The van der Waals surface area contributed by atoms with E-state index in [9.17, 15) is 9.59 Å². The molecular formula is C15H20O3. The monoisotopic (exact) mass is 248 g/mol. The highest BCUT2D eigenvalue weighted by molar-refractivity contribution is 5.93. The fraction of sp³-hybridized carbons (Fsp3) is 0.733. The van der Waals surface area contributed by atoms with Gasteiger partial charge in [-0.15, -0.1) is 0 Å². The Labute approximate surface area is 108 Å². The number of ether oxygens (including phenoxy) is 1. The summed E-state index contributed by atoms with van der Waals surface area (Å²) in [6, 6.07) is 0. The largest absolute Gasteiger partial charge is 0.458 e. The highest BCUT2D eigenvalue weighted by atomic mass is 16.5. The first-order valence-corrected chi connectivity index (χ1v) is 6.77. The van der Waals surface area contributed by atoms with E-state index in [-0.39, 0.29) is 11.5 Å². The van der Waals surface area contributed by atoms with E-state index in [0.29, 0.717) is 17.6 Å². The van der Waals surface area contributed by atoms with Crippen molar-refractivity contribution in [3.8, 4) is 0 Å². The Balaban J connectivity index is 1.96. The summed E-state index contributed by atoms with van der Waals surface area (Å²) in [6.45, 7) is 7.53. The van der Waals surface area contributed by atoms with Gasteiger partial charge in [-0.2, -0.15) is 0 Å². The van der Waals surface area contributed by atoms with Gasteiger partial charge in [-0.3, -0.25) is 4.79 Å². The molecule has 0 radical (unpaired) electrons. The standard InChI is InChI=1S/C15H20O3/c1-4-11(16)18-12-10-5-9-6-14(2,8-10)13(17)15(12,3)7-9/h4,9-10,12H,1,5-8H2,2-3H3. The highest BCUT2D eigenvalue weighted by Gasteiger charge is 2.65. The Kier molecular flexibility index (Phi) is 2.30. The molecule has 0 aromatic heterocycles. The molecule has 0 saturated heterocycles. The Hall–Kier alpha value is -1.12. The zero-order valence-electron chi connectivity index (χ0n) is 11.1. The van der Waals surface area contributed by atoms with Gasteiger partial charge >= 0.3 is 5.97 Å². The van der Waals surface area contributed by atoms with Crippen molar-refractivity contribution in [3.63, 3.8) is 0 Å². The van der Waals surface area contributed by atoms with Gasteiger partial charge < -0.3 is 4.74 Å². The van der Waals surface area contributed by atoms with Crippen LogP contribution in [-0.2, 0) is 14.3 Å². The minimum absolute atomic E-state index is 0.169. The van der Waals surface area contributed by atoms with Crippen LogP contribution in [-0.4, -0.2) is 17.9 Å². The first-order valence-electron chi connectivity index (χ1n) is 6.77. The second kappa shape index (κ2) is 3.46. The predicted molar refractivity (Wildman–Crippen MR) is 66.7 cm³/mol. The molecule has 18 heavy (non-hydrogen) atoms. The number of Topliss-reactive ketones (excluding diaryl/α,β-unsaturated/α-hetero) is 1. The number of esters is 1. The van der Waals surface area contributed by atoms with Crippen molar-refractivity contribution in [1.29, 1.82) is 0 Å². The number of rotatable bonds is 2. The zero-order chi connectivity index (χ0) is 13.1. The molecule has 4 aliphatic rings. The average Bonchev–Trinajstić information content (AvgIpc) is 2.30. The lowest BCUT2D eigenvalue weighted by Gasteiger charge is -2.61. The normalized spacial score (nSPS) is 49.2. The van der Waals surface area contributed by atoms with Crippen LogP contribution in [0.1, 0.15) is 39.5 Å².